The fourth-order valence-electron chi connectivity index (χ4n) is 6.02. The normalized spacial score (nSPS) is 19.3. The summed E-state index contributed by atoms with van der Waals surface area (Å²) in [6.07, 6.45) is 9.25. The molecule has 1 spiro atoms. The van der Waals surface area contributed by atoms with E-state index in [0.717, 1.165) is 62.7 Å². The molecule has 0 unspecified atom stereocenters. The van der Waals surface area contributed by atoms with Crippen LogP contribution in [0, 0.1) is 24.1 Å². The SMILES string of the molecule is CCC(=O)CCCCC[C@H](NC(=O)[C@H]1CC12CCN(C)CC2)c1ncc(-c2ccc3ccc(C)nc3c2F)[nH]1. The number of nitrogens with one attached hydrogen (secondary N) is 2. The van der Waals surface area contributed by atoms with Crippen molar-refractivity contribution in [1.29, 1.82) is 0 Å². The summed E-state index contributed by atoms with van der Waals surface area (Å²) in [6.45, 7) is 5.82. The van der Waals surface area contributed by atoms with Crippen molar-refractivity contribution in [2.75, 3.05) is 20.1 Å². The Morgan fingerprint density at radius 2 is 1.95 bits per heavy atom. The molecule has 5 rings (SSSR count). The van der Waals surface area contributed by atoms with Gasteiger partial charge in [0.05, 0.1) is 17.9 Å². The van der Waals surface area contributed by atoms with E-state index in [2.05, 4.69) is 32.2 Å². The number of nitrogens with zero attached hydrogens (tertiary/aromatic N) is 3. The van der Waals surface area contributed by atoms with Crippen LogP contribution in [0.15, 0.2) is 30.5 Å². The van der Waals surface area contributed by atoms with Crippen molar-refractivity contribution in [3.05, 3.63) is 47.8 Å². The summed E-state index contributed by atoms with van der Waals surface area (Å²) in [5.74, 6) is 0.695. The largest absolute Gasteiger partial charge is 0.346 e. The minimum absolute atomic E-state index is 0.0533. The summed E-state index contributed by atoms with van der Waals surface area (Å²) < 4.78 is 15.5. The lowest BCUT2D eigenvalue weighted by atomic mass is 9.91. The van der Waals surface area contributed by atoms with Gasteiger partial charge in [0.2, 0.25) is 5.91 Å². The van der Waals surface area contributed by atoms with Crippen LogP contribution in [0.3, 0.4) is 0 Å². The number of fused-ring (bicyclic) bond motifs is 1. The van der Waals surface area contributed by atoms with Crippen LogP contribution >= 0.6 is 0 Å². The molecule has 39 heavy (non-hydrogen) atoms. The number of aromatic nitrogens is 3. The molecule has 1 aliphatic carbocycles. The van der Waals surface area contributed by atoms with E-state index in [9.17, 15) is 9.59 Å². The molecule has 7 nitrogen and oxygen atoms in total. The van der Waals surface area contributed by atoms with Gasteiger partial charge < -0.3 is 15.2 Å². The summed E-state index contributed by atoms with van der Waals surface area (Å²) >= 11 is 0. The van der Waals surface area contributed by atoms with Gasteiger partial charge in [-0.2, -0.15) is 0 Å². The maximum absolute atomic E-state index is 15.5. The zero-order valence-corrected chi connectivity index (χ0v) is 23.4. The van der Waals surface area contributed by atoms with Crippen LogP contribution in [0.2, 0.25) is 0 Å². The number of H-pyrrole nitrogens is 1. The molecular formula is C31H40FN5O2. The molecule has 1 amide bonds. The number of unbranched alkanes of at least 4 members (excludes halogenated alkanes) is 2. The molecule has 2 fully saturated rings. The Hall–Kier alpha value is -3.13. The monoisotopic (exact) mass is 533 g/mol. The van der Waals surface area contributed by atoms with Gasteiger partial charge >= 0.3 is 0 Å². The van der Waals surface area contributed by atoms with Crippen LogP contribution in [-0.4, -0.2) is 51.7 Å². The fourth-order valence-corrected chi connectivity index (χ4v) is 6.02. The number of carbonyl (C=O) groups is 2. The number of likely N-dealkylation sites (tertiary alicyclic amines) is 1. The van der Waals surface area contributed by atoms with Crippen LogP contribution in [0.25, 0.3) is 22.2 Å². The van der Waals surface area contributed by atoms with Gasteiger partial charge in [-0.15, -0.1) is 0 Å². The Morgan fingerprint density at radius 1 is 1.18 bits per heavy atom. The third-order valence-corrected chi connectivity index (χ3v) is 8.80. The average molecular weight is 534 g/mol. The number of imidazole rings is 1. The first-order chi connectivity index (χ1) is 18.8. The average Bonchev–Trinajstić information content (AvgIpc) is 3.42. The van der Waals surface area contributed by atoms with Crippen molar-refractivity contribution in [2.45, 2.75) is 77.7 Å². The smallest absolute Gasteiger partial charge is 0.224 e. The molecule has 208 valence electrons. The zero-order chi connectivity index (χ0) is 27.6. The van der Waals surface area contributed by atoms with Gasteiger partial charge in [0, 0.05) is 35.4 Å². The quantitative estimate of drug-likeness (QED) is 0.300. The van der Waals surface area contributed by atoms with Crippen LogP contribution in [0.5, 0.6) is 0 Å². The molecule has 8 heteroatoms. The number of Topliss-reactive ketones (excluding diaryl/α,β-unsaturated/α-hetero) is 1. The van der Waals surface area contributed by atoms with Crippen LogP contribution in [0.1, 0.15) is 82.3 Å². The van der Waals surface area contributed by atoms with Gasteiger partial charge in [0.25, 0.3) is 0 Å². The summed E-state index contributed by atoms with van der Waals surface area (Å²) in [6, 6.07) is 7.07. The predicted octanol–water partition coefficient (Wildman–Crippen LogP) is 5.89. The van der Waals surface area contributed by atoms with Crippen molar-refractivity contribution >= 4 is 22.6 Å². The first kappa shape index (κ1) is 27.4. The lowest BCUT2D eigenvalue weighted by Gasteiger charge is -2.30. The van der Waals surface area contributed by atoms with Gasteiger partial charge in [0.15, 0.2) is 5.82 Å². The number of amides is 1. The molecule has 0 radical (unpaired) electrons. The Balaban J connectivity index is 1.32. The third-order valence-electron chi connectivity index (χ3n) is 8.80. The van der Waals surface area contributed by atoms with Crippen LogP contribution in [-0.2, 0) is 9.59 Å². The first-order valence-corrected chi connectivity index (χ1v) is 14.4. The van der Waals surface area contributed by atoms with Crippen molar-refractivity contribution in [2.24, 2.45) is 11.3 Å². The number of aryl methyl sites for hydroxylation is 1. The zero-order valence-electron chi connectivity index (χ0n) is 23.4. The maximum Gasteiger partial charge on any atom is 0.224 e. The Kier molecular flexibility index (Phi) is 8.12. The van der Waals surface area contributed by atoms with Crippen molar-refractivity contribution in [3.8, 4) is 11.3 Å². The molecule has 1 aliphatic heterocycles. The lowest BCUT2D eigenvalue weighted by Crippen LogP contribution is -2.36. The first-order valence-electron chi connectivity index (χ1n) is 14.4. The van der Waals surface area contributed by atoms with Gasteiger partial charge in [-0.3, -0.25) is 14.6 Å². The highest BCUT2D eigenvalue weighted by molar-refractivity contribution is 5.85. The van der Waals surface area contributed by atoms with E-state index in [0.29, 0.717) is 41.9 Å². The predicted molar refractivity (Wildman–Crippen MR) is 151 cm³/mol. The molecule has 1 saturated heterocycles. The van der Waals surface area contributed by atoms with E-state index in [1.807, 2.05) is 32.0 Å². The number of hydrogen-bond donors (Lipinski definition) is 2. The highest BCUT2D eigenvalue weighted by atomic mass is 19.1. The molecule has 2 atom stereocenters. The molecule has 2 aromatic heterocycles. The van der Waals surface area contributed by atoms with Gasteiger partial charge in [0.1, 0.15) is 17.1 Å². The minimum Gasteiger partial charge on any atom is -0.346 e. The topological polar surface area (TPSA) is 91.0 Å². The molecular weight excluding hydrogens is 493 g/mol. The second-order valence-electron chi connectivity index (χ2n) is 11.6. The van der Waals surface area contributed by atoms with Gasteiger partial charge in [-0.1, -0.05) is 31.9 Å². The second-order valence-corrected chi connectivity index (χ2v) is 11.6. The third kappa shape index (κ3) is 6.06. The number of hydrogen-bond acceptors (Lipinski definition) is 5. The van der Waals surface area contributed by atoms with Gasteiger partial charge in [-0.25, -0.2) is 9.37 Å². The number of pyridine rings is 1. The minimum atomic E-state index is -0.380. The van der Waals surface area contributed by atoms with Crippen molar-refractivity contribution in [3.63, 3.8) is 0 Å². The van der Waals surface area contributed by atoms with Crippen LogP contribution < -0.4 is 5.32 Å². The number of halogens is 1. The Morgan fingerprint density at radius 3 is 2.72 bits per heavy atom. The molecule has 3 aromatic rings. The number of rotatable bonds is 11. The Labute approximate surface area is 230 Å². The number of carbonyl (C=O) groups excluding carboxylic acids is 2. The fraction of sp³-hybridized carbons (Fsp3) is 0.548. The lowest BCUT2D eigenvalue weighted by molar-refractivity contribution is -0.124. The number of benzene rings is 1. The molecule has 0 bridgehead atoms. The molecule has 2 N–H and O–H groups in total. The molecule has 2 aliphatic rings. The summed E-state index contributed by atoms with van der Waals surface area (Å²) in [4.78, 5) is 39.7. The second kappa shape index (κ2) is 11.5. The van der Waals surface area contributed by atoms with Crippen molar-refractivity contribution in [1.82, 2.24) is 25.2 Å². The highest BCUT2D eigenvalue weighted by Crippen LogP contribution is 2.59. The summed E-state index contributed by atoms with van der Waals surface area (Å²) in [7, 11) is 2.14. The molecule has 1 saturated carbocycles. The molecule has 3 heterocycles. The van der Waals surface area contributed by atoms with Gasteiger partial charge in [-0.05, 0) is 76.7 Å². The van der Waals surface area contributed by atoms with E-state index in [-0.39, 0.29) is 34.9 Å². The number of ketones is 1. The van der Waals surface area contributed by atoms with E-state index in [1.165, 1.54) is 0 Å². The van der Waals surface area contributed by atoms with E-state index >= 15 is 4.39 Å². The number of aromatic amines is 1. The highest BCUT2D eigenvalue weighted by Gasteiger charge is 2.58. The van der Waals surface area contributed by atoms with E-state index < -0.39 is 0 Å². The van der Waals surface area contributed by atoms with E-state index in [4.69, 9.17) is 0 Å². The molecule has 1 aromatic carbocycles. The summed E-state index contributed by atoms with van der Waals surface area (Å²) in [5, 5.41) is 4.04. The standard InChI is InChI=1S/C31H40FN5O2/c1-4-22(38)8-6-5-7-9-25(36-30(39)24-18-31(24)14-16-37(3)17-15-31)29-33-19-26(35-29)23-13-12-21-11-10-20(2)34-28(21)27(23)32/h10-13,19,24-25H,4-9,14-18H2,1-3H3,(H,33,35)(H,36,39)/t24-,25+/m1/s1. The van der Waals surface area contributed by atoms with E-state index in [1.54, 1.807) is 12.3 Å². The maximum atomic E-state index is 15.5. The number of piperidine rings is 1. The summed E-state index contributed by atoms with van der Waals surface area (Å²) in [5.41, 5.74) is 2.23. The van der Waals surface area contributed by atoms with Crippen molar-refractivity contribution < 1.29 is 14.0 Å². The Bertz CT molecular complexity index is 1340. The van der Waals surface area contributed by atoms with Crippen LogP contribution in [0.4, 0.5) is 4.39 Å².